The molecule has 0 spiro atoms. The van der Waals surface area contributed by atoms with Crippen molar-refractivity contribution in [2.24, 2.45) is 0 Å². The molecule has 0 aliphatic rings. The Labute approximate surface area is 54.2 Å². The number of hydrogen-bond donors (Lipinski definition) is 0. The van der Waals surface area contributed by atoms with Crippen LogP contribution in [0.25, 0.3) is 0 Å². The fraction of sp³-hybridized carbons (Fsp3) is 0. The van der Waals surface area contributed by atoms with E-state index in [1.54, 1.807) is 0 Å². The van der Waals surface area contributed by atoms with Gasteiger partial charge in [-0.1, -0.05) is 0 Å². The normalized spacial score (nSPS) is 13.0. The Hall–Kier alpha value is -0.810. The molecule has 0 saturated carbocycles. The first-order valence-corrected chi connectivity index (χ1v) is 3.23. The maximum atomic E-state index is 10.1. The van der Waals surface area contributed by atoms with Gasteiger partial charge in [-0.15, -0.1) is 0 Å². The monoisotopic (exact) mass is 143 g/mol. The maximum Gasteiger partial charge on any atom is 0.131 e. The molecule has 5 heteroatoms. The average Bonchev–Trinajstić information content (AvgIpc) is 1.90. The third-order valence-electron chi connectivity index (χ3n) is 0.710. The molecular formula is C4H3N2O2S-. The molecule has 0 amide bonds. The second-order valence-corrected chi connectivity index (χ2v) is 2.17. The molecule has 0 N–H and O–H groups in total. The van der Waals surface area contributed by atoms with Crippen LogP contribution in [-0.2, 0) is 11.1 Å². The molecular weight excluding hydrogens is 140 g/mol. The fourth-order valence-corrected chi connectivity index (χ4v) is 0.665. The van der Waals surface area contributed by atoms with E-state index in [4.69, 9.17) is 0 Å². The van der Waals surface area contributed by atoms with E-state index in [2.05, 4.69) is 9.97 Å². The van der Waals surface area contributed by atoms with E-state index in [9.17, 15) is 8.76 Å². The molecule has 1 heterocycles. The maximum absolute atomic E-state index is 10.1. The van der Waals surface area contributed by atoms with E-state index >= 15 is 0 Å². The largest absolute Gasteiger partial charge is 0.767 e. The van der Waals surface area contributed by atoms with Crippen molar-refractivity contribution in [1.29, 1.82) is 0 Å². The van der Waals surface area contributed by atoms with Gasteiger partial charge in [-0.3, -0.25) is 9.19 Å². The Morgan fingerprint density at radius 3 is 2.67 bits per heavy atom. The van der Waals surface area contributed by atoms with Crippen LogP contribution in [0.4, 0.5) is 0 Å². The number of aromatic nitrogens is 2. The van der Waals surface area contributed by atoms with Gasteiger partial charge in [0.2, 0.25) is 0 Å². The SMILES string of the molecule is O=S([O-])c1cnccn1. The van der Waals surface area contributed by atoms with Crippen LogP contribution in [0.15, 0.2) is 23.6 Å². The van der Waals surface area contributed by atoms with Crippen molar-refractivity contribution in [2.45, 2.75) is 5.03 Å². The molecule has 1 aromatic heterocycles. The predicted molar refractivity (Wildman–Crippen MR) is 29.2 cm³/mol. The van der Waals surface area contributed by atoms with E-state index in [0.717, 1.165) is 0 Å². The Bertz CT molecular complexity index is 213. The van der Waals surface area contributed by atoms with E-state index in [1.807, 2.05) is 0 Å². The standard InChI is InChI=1S/C4H4N2O2S/c7-9(8)4-3-5-1-2-6-4/h1-3H,(H,7,8)/p-1. The highest BCUT2D eigenvalue weighted by atomic mass is 32.2. The molecule has 1 aromatic rings. The fourth-order valence-electron chi connectivity index (χ4n) is 0.371. The summed E-state index contributed by atoms with van der Waals surface area (Å²) in [5.41, 5.74) is 0. The molecule has 0 bridgehead atoms. The summed E-state index contributed by atoms with van der Waals surface area (Å²) >= 11 is -2.25. The minimum Gasteiger partial charge on any atom is -0.767 e. The van der Waals surface area contributed by atoms with Crippen LogP contribution in [0.1, 0.15) is 0 Å². The summed E-state index contributed by atoms with van der Waals surface area (Å²) in [6, 6.07) is 0. The second kappa shape index (κ2) is 2.65. The van der Waals surface area contributed by atoms with E-state index in [0.29, 0.717) is 0 Å². The highest BCUT2D eigenvalue weighted by molar-refractivity contribution is 7.79. The second-order valence-electron chi connectivity index (χ2n) is 1.28. The summed E-state index contributed by atoms with van der Waals surface area (Å²) in [6.07, 6.45) is 3.92. The molecule has 0 fully saturated rings. The van der Waals surface area contributed by atoms with E-state index in [-0.39, 0.29) is 5.03 Å². The van der Waals surface area contributed by atoms with Gasteiger partial charge in [-0.25, -0.2) is 4.98 Å². The van der Waals surface area contributed by atoms with Crippen molar-refractivity contribution >= 4 is 11.1 Å². The van der Waals surface area contributed by atoms with Gasteiger partial charge in [-0.2, -0.15) is 0 Å². The Balaban J connectivity index is 2.98. The van der Waals surface area contributed by atoms with Crippen molar-refractivity contribution in [3.8, 4) is 0 Å². The van der Waals surface area contributed by atoms with E-state index < -0.39 is 11.1 Å². The van der Waals surface area contributed by atoms with Crippen LogP contribution in [0.3, 0.4) is 0 Å². The van der Waals surface area contributed by atoms with Crippen molar-refractivity contribution in [3.63, 3.8) is 0 Å². The summed E-state index contributed by atoms with van der Waals surface area (Å²) < 4.78 is 20.2. The van der Waals surface area contributed by atoms with Crippen LogP contribution in [0.5, 0.6) is 0 Å². The third kappa shape index (κ3) is 1.55. The van der Waals surface area contributed by atoms with Gasteiger partial charge >= 0.3 is 0 Å². The van der Waals surface area contributed by atoms with E-state index in [1.165, 1.54) is 18.6 Å². The zero-order valence-electron chi connectivity index (χ0n) is 4.35. The molecule has 9 heavy (non-hydrogen) atoms. The molecule has 0 saturated heterocycles. The smallest absolute Gasteiger partial charge is 0.131 e. The predicted octanol–water partition coefficient (Wildman–Crippen LogP) is -0.285. The van der Waals surface area contributed by atoms with Gasteiger partial charge < -0.3 is 4.55 Å². The molecule has 1 atom stereocenters. The topological polar surface area (TPSA) is 65.9 Å². The number of rotatable bonds is 1. The van der Waals surface area contributed by atoms with Gasteiger partial charge in [0, 0.05) is 12.4 Å². The minimum absolute atomic E-state index is 0.0301. The molecule has 0 aromatic carbocycles. The highest BCUT2D eigenvalue weighted by Crippen LogP contribution is 1.92. The first-order valence-electron chi connectivity index (χ1n) is 2.16. The minimum atomic E-state index is -2.25. The quantitative estimate of drug-likeness (QED) is 0.507. The first kappa shape index (κ1) is 6.31. The Morgan fingerprint density at radius 1 is 1.56 bits per heavy atom. The lowest BCUT2D eigenvalue weighted by molar-refractivity contribution is 0.533. The van der Waals surface area contributed by atoms with Crippen LogP contribution >= 0.6 is 0 Å². The number of nitrogens with zero attached hydrogens (tertiary/aromatic N) is 2. The van der Waals surface area contributed by atoms with Crippen LogP contribution in [-0.4, -0.2) is 18.7 Å². The van der Waals surface area contributed by atoms with Crippen molar-refractivity contribution in [1.82, 2.24) is 9.97 Å². The molecule has 1 unspecified atom stereocenters. The summed E-state index contributed by atoms with van der Waals surface area (Å²) in [5.74, 6) is 0. The summed E-state index contributed by atoms with van der Waals surface area (Å²) in [4.78, 5) is 7.05. The lowest BCUT2D eigenvalue weighted by Gasteiger charge is -1.99. The van der Waals surface area contributed by atoms with Crippen LogP contribution in [0, 0.1) is 0 Å². The molecule has 4 nitrogen and oxygen atoms in total. The van der Waals surface area contributed by atoms with Crippen LogP contribution in [0.2, 0.25) is 0 Å². The summed E-state index contributed by atoms with van der Waals surface area (Å²) in [5, 5.41) is -0.0301. The van der Waals surface area contributed by atoms with Gasteiger partial charge in [0.15, 0.2) is 0 Å². The zero-order chi connectivity index (χ0) is 6.69. The summed E-state index contributed by atoms with van der Waals surface area (Å²) in [7, 11) is 0. The Morgan fingerprint density at radius 2 is 2.33 bits per heavy atom. The average molecular weight is 143 g/mol. The summed E-state index contributed by atoms with van der Waals surface area (Å²) in [6.45, 7) is 0. The highest BCUT2D eigenvalue weighted by Gasteiger charge is 1.87. The molecule has 1 rings (SSSR count). The van der Waals surface area contributed by atoms with Gasteiger partial charge in [-0.05, 0) is 11.1 Å². The van der Waals surface area contributed by atoms with Gasteiger partial charge in [0.1, 0.15) is 5.03 Å². The van der Waals surface area contributed by atoms with Crippen molar-refractivity contribution in [3.05, 3.63) is 18.6 Å². The van der Waals surface area contributed by atoms with Crippen molar-refractivity contribution in [2.75, 3.05) is 0 Å². The molecule has 0 aliphatic heterocycles. The van der Waals surface area contributed by atoms with Crippen molar-refractivity contribution < 1.29 is 8.76 Å². The lowest BCUT2D eigenvalue weighted by Crippen LogP contribution is -1.92. The number of hydrogen-bond acceptors (Lipinski definition) is 4. The third-order valence-corrected chi connectivity index (χ3v) is 1.26. The Kier molecular flexibility index (Phi) is 1.86. The zero-order valence-corrected chi connectivity index (χ0v) is 5.17. The lowest BCUT2D eigenvalue weighted by atomic mass is 10.8. The van der Waals surface area contributed by atoms with Gasteiger partial charge in [0.25, 0.3) is 0 Å². The first-order chi connectivity index (χ1) is 4.30. The van der Waals surface area contributed by atoms with Crippen LogP contribution < -0.4 is 0 Å². The molecule has 0 aliphatic carbocycles. The molecule has 0 radical (unpaired) electrons. The molecule has 48 valence electrons. The van der Waals surface area contributed by atoms with Gasteiger partial charge in [0.05, 0.1) is 6.20 Å².